The van der Waals surface area contributed by atoms with Crippen LogP contribution in [-0.4, -0.2) is 28.7 Å². The molecular weight excluding hydrogens is 300 g/mol. The average molecular weight is 332 g/mol. The van der Waals surface area contributed by atoms with Crippen LogP contribution in [0.2, 0.25) is 0 Å². The molecule has 4 aliphatic carbocycles. The highest BCUT2D eigenvalue weighted by Crippen LogP contribution is 2.66. The smallest absolute Gasteiger partial charge is 0.155 e. The molecule has 3 fully saturated rings. The van der Waals surface area contributed by atoms with Gasteiger partial charge < -0.3 is 10.2 Å². The van der Waals surface area contributed by atoms with Gasteiger partial charge in [0.1, 0.15) is 0 Å². The van der Waals surface area contributed by atoms with Gasteiger partial charge in [0.2, 0.25) is 0 Å². The van der Waals surface area contributed by atoms with Crippen molar-refractivity contribution in [2.45, 2.75) is 71.3 Å². The van der Waals surface area contributed by atoms with Crippen molar-refractivity contribution < 1.29 is 15.0 Å². The van der Waals surface area contributed by atoms with Gasteiger partial charge in [-0.05, 0) is 85.5 Å². The van der Waals surface area contributed by atoms with Gasteiger partial charge in [0.25, 0.3) is 0 Å². The summed E-state index contributed by atoms with van der Waals surface area (Å²) in [6.07, 6.45) is 9.58. The number of fused-ring (bicyclic) bond motifs is 5. The summed E-state index contributed by atoms with van der Waals surface area (Å²) in [5, 5.41) is 20.6. The Labute approximate surface area is 145 Å². The second-order valence-electron chi connectivity index (χ2n) is 9.45. The van der Waals surface area contributed by atoms with Gasteiger partial charge in [-0.3, -0.25) is 4.79 Å². The lowest BCUT2D eigenvalue weighted by molar-refractivity contribution is -0.134. The van der Waals surface area contributed by atoms with Crippen molar-refractivity contribution in [1.82, 2.24) is 0 Å². The molecule has 0 heterocycles. The molecule has 0 bridgehead atoms. The number of carbonyl (C=O) groups excluding carboxylic acids is 1. The first kappa shape index (κ1) is 16.8. The summed E-state index contributed by atoms with van der Waals surface area (Å²) in [4.78, 5) is 11.9. The number of ketones is 1. The van der Waals surface area contributed by atoms with Crippen LogP contribution in [0.5, 0.6) is 0 Å². The van der Waals surface area contributed by atoms with Crippen LogP contribution in [-0.2, 0) is 4.79 Å². The molecule has 0 spiro atoms. The number of aliphatic hydroxyl groups excluding tert-OH is 2. The average Bonchev–Trinajstić information content (AvgIpc) is 2.84. The Morgan fingerprint density at radius 2 is 2.00 bits per heavy atom. The van der Waals surface area contributed by atoms with Crippen LogP contribution in [0.25, 0.3) is 0 Å². The normalized spacial score (nSPS) is 50.8. The fourth-order valence-corrected chi connectivity index (χ4v) is 7.42. The molecule has 0 aliphatic heterocycles. The number of hydrogen-bond donors (Lipinski definition) is 2. The Bertz CT molecular complexity index is 567. The molecule has 0 aromatic rings. The summed E-state index contributed by atoms with van der Waals surface area (Å²) in [5.41, 5.74) is 1.52. The Kier molecular flexibility index (Phi) is 3.96. The molecule has 0 aromatic heterocycles. The molecule has 0 amide bonds. The lowest BCUT2D eigenvalue weighted by Crippen LogP contribution is -2.56. The van der Waals surface area contributed by atoms with E-state index in [1.165, 1.54) is 18.4 Å². The number of carbonyl (C=O) groups is 1. The monoisotopic (exact) mass is 332 g/mol. The topological polar surface area (TPSA) is 57.5 Å². The molecule has 0 saturated heterocycles. The fraction of sp³-hybridized carbons (Fsp3) is 0.857. The van der Waals surface area contributed by atoms with Crippen LogP contribution >= 0.6 is 0 Å². The Morgan fingerprint density at radius 1 is 1.21 bits per heavy atom. The fourth-order valence-electron chi connectivity index (χ4n) is 7.42. The molecule has 7 atom stereocenters. The SMILES string of the molecule is C[C@]12C[C@@H](O)[C@H]3[C@@H](CCC4=CC(=O)CC[C@@]43C)[C@@H]1CC[C@@H]2CCO. The van der Waals surface area contributed by atoms with Crippen molar-refractivity contribution in [2.75, 3.05) is 6.61 Å². The van der Waals surface area contributed by atoms with Crippen LogP contribution in [0.15, 0.2) is 11.6 Å². The van der Waals surface area contributed by atoms with Crippen molar-refractivity contribution in [1.29, 1.82) is 0 Å². The number of rotatable bonds is 2. The van der Waals surface area contributed by atoms with E-state index in [9.17, 15) is 15.0 Å². The summed E-state index contributed by atoms with van der Waals surface area (Å²) in [7, 11) is 0. The summed E-state index contributed by atoms with van der Waals surface area (Å²) in [6.45, 7) is 4.96. The molecule has 0 aromatic carbocycles. The zero-order valence-electron chi connectivity index (χ0n) is 15.1. The van der Waals surface area contributed by atoms with Gasteiger partial charge in [-0.25, -0.2) is 0 Å². The maximum atomic E-state index is 11.9. The maximum Gasteiger partial charge on any atom is 0.155 e. The van der Waals surface area contributed by atoms with Crippen molar-refractivity contribution in [3.8, 4) is 0 Å². The standard InChI is InChI=1S/C21H32O3/c1-20-9-7-15(23)11-14(20)3-5-16-17-6-4-13(8-10-22)21(17,2)12-18(24)19(16)20/h11,13,16-19,22,24H,3-10,12H2,1-2H3/t13-,16+,17+,18-,19-,20+,21-/m1/s1. The third-order valence-electron chi connectivity index (χ3n) is 8.57. The number of aliphatic hydroxyl groups is 2. The maximum absolute atomic E-state index is 11.9. The molecule has 4 aliphatic rings. The third kappa shape index (κ3) is 2.20. The first-order valence-corrected chi connectivity index (χ1v) is 9.93. The molecule has 24 heavy (non-hydrogen) atoms. The van der Waals surface area contributed by atoms with Crippen molar-refractivity contribution >= 4 is 5.78 Å². The minimum absolute atomic E-state index is 0.0205. The van der Waals surface area contributed by atoms with Gasteiger partial charge in [-0.1, -0.05) is 19.4 Å². The minimum Gasteiger partial charge on any atom is -0.396 e. The van der Waals surface area contributed by atoms with E-state index in [2.05, 4.69) is 13.8 Å². The molecule has 3 saturated carbocycles. The quantitative estimate of drug-likeness (QED) is 0.814. The molecule has 3 heteroatoms. The first-order valence-electron chi connectivity index (χ1n) is 9.93. The van der Waals surface area contributed by atoms with E-state index in [0.29, 0.717) is 30.1 Å². The highest BCUT2D eigenvalue weighted by Gasteiger charge is 2.61. The summed E-state index contributed by atoms with van der Waals surface area (Å²) in [6, 6.07) is 0. The molecule has 3 nitrogen and oxygen atoms in total. The Hall–Kier alpha value is -0.670. The first-order chi connectivity index (χ1) is 11.4. The van der Waals surface area contributed by atoms with E-state index < -0.39 is 0 Å². The largest absolute Gasteiger partial charge is 0.396 e. The third-order valence-corrected chi connectivity index (χ3v) is 8.57. The lowest BCUT2D eigenvalue weighted by Gasteiger charge is -2.60. The highest BCUT2D eigenvalue weighted by atomic mass is 16.3. The summed E-state index contributed by atoms with van der Waals surface area (Å²) >= 11 is 0. The van der Waals surface area contributed by atoms with Gasteiger partial charge in [0, 0.05) is 13.0 Å². The molecule has 0 unspecified atom stereocenters. The van der Waals surface area contributed by atoms with Crippen molar-refractivity contribution in [3.05, 3.63) is 11.6 Å². The second kappa shape index (κ2) is 5.67. The van der Waals surface area contributed by atoms with Gasteiger partial charge in [0.15, 0.2) is 5.78 Å². The molecule has 0 radical (unpaired) electrons. The van der Waals surface area contributed by atoms with E-state index in [0.717, 1.165) is 32.1 Å². The van der Waals surface area contributed by atoms with Crippen LogP contribution < -0.4 is 0 Å². The zero-order valence-corrected chi connectivity index (χ0v) is 15.1. The van der Waals surface area contributed by atoms with Gasteiger partial charge in [-0.15, -0.1) is 0 Å². The van der Waals surface area contributed by atoms with E-state index in [4.69, 9.17) is 0 Å². The van der Waals surface area contributed by atoms with Gasteiger partial charge in [0.05, 0.1) is 6.10 Å². The van der Waals surface area contributed by atoms with Crippen LogP contribution in [0.3, 0.4) is 0 Å². The van der Waals surface area contributed by atoms with E-state index in [1.807, 2.05) is 6.08 Å². The number of allylic oxidation sites excluding steroid dienone is 1. The van der Waals surface area contributed by atoms with Crippen LogP contribution in [0.4, 0.5) is 0 Å². The predicted molar refractivity (Wildman–Crippen MR) is 93.3 cm³/mol. The Morgan fingerprint density at radius 3 is 2.75 bits per heavy atom. The van der Waals surface area contributed by atoms with E-state index >= 15 is 0 Å². The van der Waals surface area contributed by atoms with Crippen molar-refractivity contribution in [2.24, 2.45) is 34.5 Å². The molecular formula is C21H32O3. The lowest BCUT2D eigenvalue weighted by atomic mass is 9.46. The van der Waals surface area contributed by atoms with Crippen molar-refractivity contribution in [3.63, 3.8) is 0 Å². The predicted octanol–water partition coefficient (Wildman–Crippen LogP) is 3.49. The molecule has 2 N–H and O–H groups in total. The van der Waals surface area contributed by atoms with Crippen LogP contribution in [0, 0.1) is 34.5 Å². The zero-order chi connectivity index (χ0) is 17.1. The molecule has 134 valence electrons. The van der Waals surface area contributed by atoms with Gasteiger partial charge in [-0.2, -0.15) is 0 Å². The van der Waals surface area contributed by atoms with E-state index in [-0.39, 0.29) is 29.3 Å². The second-order valence-corrected chi connectivity index (χ2v) is 9.45. The summed E-state index contributed by atoms with van der Waals surface area (Å²) < 4.78 is 0. The Balaban J connectivity index is 1.68. The number of hydrogen-bond acceptors (Lipinski definition) is 3. The minimum atomic E-state index is -0.266. The van der Waals surface area contributed by atoms with E-state index in [1.54, 1.807) is 0 Å². The van der Waals surface area contributed by atoms with Crippen LogP contribution in [0.1, 0.15) is 65.2 Å². The highest BCUT2D eigenvalue weighted by molar-refractivity contribution is 5.91. The summed E-state index contributed by atoms with van der Waals surface area (Å²) in [5.74, 6) is 2.41. The molecule has 4 rings (SSSR count). The van der Waals surface area contributed by atoms with Gasteiger partial charge >= 0.3 is 0 Å².